The number of halogens is 1. The summed E-state index contributed by atoms with van der Waals surface area (Å²) < 4.78 is 0. The van der Waals surface area contributed by atoms with E-state index in [4.69, 9.17) is 5.73 Å². The van der Waals surface area contributed by atoms with Gasteiger partial charge in [0, 0.05) is 18.7 Å². The van der Waals surface area contributed by atoms with Gasteiger partial charge in [-0.15, -0.1) is 23.7 Å². The molecule has 1 fully saturated rings. The number of nitro groups is 1. The molecule has 3 N–H and O–H groups in total. The molecule has 1 aliphatic rings. The molecule has 1 aromatic rings. The maximum atomic E-state index is 11.8. The molecule has 0 aliphatic heterocycles. The molecule has 0 bridgehead atoms. The minimum Gasteiger partial charge on any atom is -0.350 e. The highest BCUT2D eigenvalue weighted by atomic mass is 35.5. The van der Waals surface area contributed by atoms with Crippen molar-refractivity contribution in [2.45, 2.75) is 25.8 Å². The predicted octanol–water partition coefficient (Wildman–Crippen LogP) is 1.85. The first kappa shape index (κ1) is 15.9. The number of nitrogens with two attached hydrogens (primary N) is 1. The van der Waals surface area contributed by atoms with Gasteiger partial charge in [-0.25, -0.2) is 0 Å². The summed E-state index contributed by atoms with van der Waals surface area (Å²) in [5.74, 6) is 0.233. The number of rotatable bonds is 5. The van der Waals surface area contributed by atoms with Crippen LogP contribution in [-0.2, 0) is 0 Å². The molecule has 1 amide bonds. The van der Waals surface area contributed by atoms with Crippen molar-refractivity contribution in [3.05, 3.63) is 25.9 Å². The molecule has 106 valence electrons. The van der Waals surface area contributed by atoms with Gasteiger partial charge in [-0.1, -0.05) is 0 Å². The molecular weight excluding hydrogens is 290 g/mol. The number of nitrogens with zero attached hydrogens (tertiary/aromatic N) is 1. The molecule has 1 unspecified atom stereocenters. The zero-order chi connectivity index (χ0) is 13.3. The van der Waals surface area contributed by atoms with Crippen LogP contribution in [0.1, 0.15) is 27.4 Å². The number of amides is 1. The van der Waals surface area contributed by atoms with Crippen LogP contribution in [0, 0.1) is 23.0 Å². The number of hydrogen-bond acceptors (Lipinski definition) is 5. The van der Waals surface area contributed by atoms with Crippen molar-refractivity contribution in [2.75, 3.05) is 6.54 Å². The fourth-order valence-electron chi connectivity index (χ4n) is 1.75. The molecule has 0 saturated heterocycles. The fraction of sp³-hybridized carbons (Fsp3) is 0.545. The van der Waals surface area contributed by atoms with Crippen LogP contribution in [-0.4, -0.2) is 23.4 Å². The highest BCUT2D eigenvalue weighted by Gasteiger charge is 2.29. The van der Waals surface area contributed by atoms with E-state index in [1.807, 2.05) is 0 Å². The molecule has 1 aliphatic carbocycles. The average Bonchev–Trinajstić information content (AvgIpc) is 3.08. The minimum absolute atomic E-state index is 0. The van der Waals surface area contributed by atoms with Crippen LogP contribution >= 0.6 is 23.7 Å². The van der Waals surface area contributed by atoms with Crippen LogP contribution in [0.25, 0.3) is 0 Å². The maximum absolute atomic E-state index is 11.8. The highest BCUT2D eigenvalue weighted by Crippen LogP contribution is 2.31. The Morgan fingerprint density at radius 3 is 2.79 bits per heavy atom. The van der Waals surface area contributed by atoms with Crippen molar-refractivity contribution in [2.24, 2.45) is 11.7 Å². The molecule has 0 radical (unpaired) electrons. The van der Waals surface area contributed by atoms with Gasteiger partial charge in [0.2, 0.25) is 0 Å². The quantitative estimate of drug-likeness (QED) is 0.640. The van der Waals surface area contributed by atoms with Crippen molar-refractivity contribution >= 4 is 35.3 Å². The summed E-state index contributed by atoms with van der Waals surface area (Å²) in [6.45, 7) is 2.06. The highest BCUT2D eigenvalue weighted by molar-refractivity contribution is 7.14. The molecule has 0 aromatic carbocycles. The predicted molar refractivity (Wildman–Crippen MR) is 76.0 cm³/mol. The van der Waals surface area contributed by atoms with Gasteiger partial charge in [0.15, 0.2) is 0 Å². The van der Waals surface area contributed by atoms with Crippen molar-refractivity contribution in [3.63, 3.8) is 0 Å². The van der Waals surface area contributed by atoms with Crippen LogP contribution in [0.2, 0.25) is 0 Å². The summed E-state index contributed by atoms with van der Waals surface area (Å²) in [6.07, 6.45) is 2.25. The van der Waals surface area contributed by atoms with Gasteiger partial charge < -0.3 is 11.1 Å². The van der Waals surface area contributed by atoms with Gasteiger partial charge in [0.1, 0.15) is 0 Å². The average molecular weight is 306 g/mol. The van der Waals surface area contributed by atoms with E-state index in [1.54, 1.807) is 6.92 Å². The second-order valence-electron chi connectivity index (χ2n) is 4.52. The summed E-state index contributed by atoms with van der Waals surface area (Å²) >= 11 is 1.13. The molecule has 19 heavy (non-hydrogen) atoms. The summed E-state index contributed by atoms with van der Waals surface area (Å²) in [5.41, 5.74) is 5.87. The Labute approximate surface area is 120 Å². The second-order valence-corrected chi connectivity index (χ2v) is 5.78. The third kappa shape index (κ3) is 3.89. The van der Waals surface area contributed by atoms with Crippen LogP contribution < -0.4 is 11.1 Å². The Kier molecular flexibility index (Phi) is 5.28. The Morgan fingerprint density at radius 2 is 2.32 bits per heavy atom. The van der Waals surface area contributed by atoms with Gasteiger partial charge in [-0.3, -0.25) is 14.9 Å². The molecule has 1 saturated carbocycles. The molecule has 1 heterocycles. The van der Waals surface area contributed by atoms with Crippen LogP contribution in [0.3, 0.4) is 0 Å². The van der Waals surface area contributed by atoms with Gasteiger partial charge in [-0.05, 0) is 25.7 Å². The van der Waals surface area contributed by atoms with E-state index < -0.39 is 4.92 Å². The number of hydrogen-bond donors (Lipinski definition) is 2. The largest absolute Gasteiger partial charge is 0.350 e. The third-order valence-corrected chi connectivity index (χ3v) is 4.08. The van der Waals surface area contributed by atoms with Crippen LogP contribution in [0.4, 0.5) is 5.69 Å². The Bertz CT molecular complexity index is 488. The van der Waals surface area contributed by atoms with Crippen molar-refractivity contribution in [1.82, 2.24) is 5.32 Å². The molecule has 0 spiro atoms. The van der Waals surface area contributed by atoms with Gasteiger partial charge in [-0.2, -0.15) is 0 Å². The standard InChI is InChI=1S/C11H15N3O3S.ClH/c1-6-9(14(16)17)4-10(18-6)11(15)13-5-8(12)7-2-3-7;/h4,7-8H,2-3,5,12H2,1H3,(H,13,15);1H. The van der Waals surface area contributed by atoms with E-state index in [9.17, 15) is 14.9 Å². The van der Waals surface area contributed by atoms with Crippen molar-refractivity contribution < 1.29 is 9.72 Å². The Balaban J connectivity index is 0.00000180. The molecule has 1 atom stereocenters. The smallest absolute Gasteiger partial charge is 0.283 e. The van der Waals surface area contributed by atoms with Gasteiger partial charge in [0.25, 0.3) is 11.6 Å². The first-order valence-corrected chi connectivity index (χ1v) is 6.59. The van der Waals surface area contributed by atoms with E-state index in [0.29, 0.717) is 22.2 Å². The normalized spacial score (nSPS) is 15.5. The van der Waals surface area contributed by atoms with Gasteiger partial charge >= 0.3 is 0 Å². The molecule has 8 heteroatoms. The number of thiophene rings is 1. The summed E-state index contributed by atoms with van der Waals surface area (Å²) in [7, 11) is 0. The lowest BCUT2D eigenvalue weighted by Gasteiger charge is -2.10. The topological polar surface area (TPSA) is 98.3 Å². The summed E-state index contributed by atoms with van der Waals surface area (Å²) in [5, 5.41) is 13.4. The Hall–Kier alpha value is -1.18. The lowest BCUT2D eigenvalue weighted by Crippen LogP contribution is -2.38. The number of carbonyl (C=O) groups excluding carboxylic acids is 1. The number of carbonyl (C=O) groups is 1. The monoisotopic (exact) mass is 305 g/mol. The lowest BCUT2D eigenvalue weighted by molar-refractivity contribution is -0.385. The molecule has 1 aromatic heterocycles. The van der Waals surface area contributed by atoms with Crippen LogP contribution in [0.5, 0.6) is 0 Å². The number of aryl methyl sites for hydroxylation is 1. The molecule has 6 nitrogen and oxygen atoms in total. The zero-order valence-corrected chi connectivity index (χ0v) is 12.1. The van der Waals surface area contributed by atoms with E-state index in [1.165, 1.54) is 6.07 Å². The van der Waals surface area contributed by atoms with Crippen molar-refractivity contribution in [3.8, 4) is 0 Å². The van der Waals surface area contributed by atoms with E-state index >= 15 is 0 Å². The minimum atomic E-state index is -0.474. The molecule has 2 rings (SSSR count). The van der Waals surface area contributed by atoms with E-state index in [0.717, 1.165) is 24.2 Å². The number of nitrogens with one attached hydrogen (secondary N) is 1. The third-order valence-electron chi connectivity index (χ3n) is 3.04. The Morgan fingerprint density at radius 1 is 1.68 bits per heavy atom. The molecular formula is C11H16ClN3O3S. The van der Waals surface area contributed by atoms with E-state index in [2.05, 4.69) is 5.32 Å². The summed E-state index contributed by atoms with van der Waals surface area (Å²) in [6, 6.07) is 1.31. The van der Waals surface area contributed by atoms with Crippen molar-refractivity contribution in [1.29, 1.82) is 0 Å². The fourth-order valence-corrected chi connectivity index (χ4v) is 2.66. The van der Waals surface area contributed by atoms with Gasteiger partial charge in [0.05, 0.1) is 14.7 Å². The summed E-state index contributed by atoms with van der Waals surface area (Å²) in [4.78, 5) is 22.9. The lowest BCUT2D eigenvalue weighted by atomic mass is 10.2. The first-order chi connectivity index (χ1) is 8.49. The SMILES string of the molecule is Cc1sc(C(=O)NCC(N)C2CC2)cc1[N+](=O)[O-].Cl. The first-order valence-electron chi connectivity index (χ1n) is 5.77. The second kappa shape index (κ2) is 6.31. The van der Waals surface area contributed by atoms with Crippen LogP contribution in [0.15, 0.2) is 6.07 Å². The maximum Gasteiger partial charge on any atom is 0.283 e. The zero-order valence-electron chi connectivity index (χ0n) is 10.4. The van der Waals surface area contributed by atoms with E-state index in [-0.39, 0.29) is 30.0 Å².